The van der Waals surface area contributed by atoms with Gasteiger partial charge in [-0.1, -0.05) is 0 Å². The lowest BCUT2D eigenvalue weighted by Gasteiger charge is -2.40. The number of amides is 5. The molecule has 2 saturated heterocycles. The lowest BCUT2D eigenvalue weighted by molar-refractivity contribution is -0.154. The molecule has 0 N–H and O–H groups in total. The zero-order valence-corrected chi connectivity index (χ0v) is 20.4. The Morgan fingerprint density at radius 1 is 0.971 bits per heavy atom. The van der Waals surface area contributed by atoms with Gasteiger partial charge in [0.1, 0.15) is 0 Å². The molecule has 188 valence electrons. The fraction of sp³-hybridized carbons (Fsp3) is 0.542. The number of rotatable bonds is 5. The van der Waals surface area contributed by atoms with Crippen LogP contribution >= 0.6 is 0 Å². The van der Waals surface area contributed by atoms with E-state index in [9.17, 15) is 19.2 Å². The van der Waals surface area contributed by atoms with Crippen molar-refractivity contribution in [1.82, 2.24) is 19.7 Å². The normalized spacial score (nSPS) is 19.7. The number of benzene rings is 1. The topological polar surface area (TPSA) is 112 Å². The molecular formula is C24H31N5O6. The van der Waals surface area contributed by atoms with E-state index in [2.05, 4.69) is 5.10 Å². The molecule has 4 rings (SSSR count). The Morgan fingerprint density at radius 2 is 1.69 bits per heavy atom. The van der Waals surface area contributed by atoms with Gasteiger partial charge in [-0.05, 0) is 38.0 Å². The van der Waals surface area contributed by atoms with E-state index >= 15 is 0 Å². The van der Waals surface area contributed by atoms with Crippen LogP contribution in [-0.2, 0) is 14.4 Å². The van der Waals surface area contributed by atoms with Crippen LogP contribution in [0.4, 0.5) is 4.79 Å². The molecule has 11 nitrogen and oxygen atoms in total. The second kappa shape index (κ2) is 10.3. The highest BCUT2D eigenvalue weighted by atomic mass is 16.5. The smallest absolute Gasteiger partial charge is 0.327 e. The number of nitrogens with zero attached hydrogens (tertiary/aromatic N) is 5. The maximum absolute atomic E-state index is 12.9. The van der Waals surface area contributed by atoms with Gasteiger partial charge in [0.25, 0.3) is 0 Å². The second-order valence-electron chi connectivity index (χ2n) is 8.70. The van der Waals surface area contributed by atoms with Gasteiger partial charge >= 0.3 is 17.8 Å². The largest absolute Gasteiger partial charge is 0.493 e. The minimum absolute atomic E-state index is 0.0459. The number of imide groups is 1. The van der Waals surface area contributed by atoms with Gasteiger partial charge < -0.3 is 19.3 Å². The Kier molecular flexibility index (Phi) is 7.23. The molecule has 3 heterocycles. The molecule has 0 radical (unpaired) electrons. The van der Waals surface area contributed by atoms with Gasteiger partial charge in [-0.3, -0.25) is 19.3 Å². The molecule has 0 unspecified atom stereocenters. The van der Waals surface area contributed by atoms with Crippen molar-refractivity contribution in [1.29, 1.82) is 0 Å². The average Bonchev–Trinajstić information content (AvgIpc) is 2.90. The maximum atomic E-state index is 12.9. The van der Waals surface area contributed by atoms with Crippen molar-refractivity contribution in [3.05, 3.63) is 23.8 Å². The number of hydrazone groups is 1. The number of piperidine rings is 1. The van der Waals surface area contributed by atoms with E-state index in [0.717, 1.165) is 16.2 Å². The highest BCUT2D eigenvalue weighted by Gasteiger charge is 2.39. The van der Waals surface area contributed by atoms with Gasteiger partial charge in [0, 0.05) is 51.1 Å². The van der Waals surface area contributed by atoms with Crippen molar-refractivity contribution in [3.8, 4) is 11.5 Å². The first-order chi connectivity index (χ1) is 16.9. The van der Waals surface area contributed by atoms with Gasteiger partial charge in [-0.25, -0.2) is 9.80 Å². The summed E-state index contributed by atoms with van der Waals surface area (Å²) in [5, 5.41) is 6.22. The van der Waals surface area contributed by atoms with Crippen molar-refractivity contribution < 1.29 is 28.7 Å². The standard InChI is InChI=1S/C24H31N5O6/c1-4-26-13-14-28(23(32)22(26)31)24(33)27-11-9-17(10-12-27)29-21(30)8-6-18(25-29)16-5-7-19(34-2)20(15-16)35-3/h5,7,15,17H,4,6,8-14H2,1-3H3. The predicted octanol–water partition coefficient (Wildman–Crippen LogP) is 1.31. The second-order valence-corrected chi connectivity index (χ2v) is 8.70. The molecule has 35 heavy (non-hydrogen) atoms. The third kappa shape index (κ3) is 4.80. The Labute approximate surface area is 204 Å². The molecule has 0 saturated carbocycles. The molecule has 0 spiro atoms. The first-order valence-electron chi connectivity index (χ1n) is 11.9. The lowest BCUT2D eigenvalue weighted by Crippen LogP contribution is -2.60. The number of urea groups is 1. The summed E-state index contributed by atoms with van der Waals surface area (Å²) in [5.74, 6) is -0.251. The number of carbonyl (C=O) groups is 4. The third-order valence-electron chi connectivity index (χ3n) is 6.78. The summed E-state index contributed by atoms with van der Waals surface area (Å²) < 4.78 is 10.7. The average molecular weight is 486 g/mol. The molecule has 0 aliphatic carbocycles. The lowest BCUT2D eigenvalue weighted by atomic mass is 10.0. The summed E-state index contributed by atoms with van der Waals surface area (Å²) in [4.78, 5) is 54.2. The molecule has 0 aromatic heterocycles. The Hall–Kier alpha value is -3.63. The summed E-state index contributed by atoms with van der Waals surface area (Å²) >= 11 is 0. The minimum Gasteiger partial charge on any atom is -0.493 e. The monoisotopic (exact) mass is 485 g/mol. The van der Waals surface area contributed by atoms with Crippen LogP contribution < -0.4 is 9.47 Å². The number of piperazine rings is 1. The van der Waals surface area contributed by atoms with E-state index in [1.807, 2.05) is 18.2 Å². The minimum atomic E-state index is -0.777. The first-order valence-corrected chi connectivity index (χ1v) is 11.9. The number of likely N-dealkylation sites (tertiary alicyclic amines) is 1. The van der Waals surface area contributed by atoms with E-state index in [4.69, 9.17) is 9.47 Å². The van der Waals surface area contributed by atoms with Gasteiger partial charge in [0.15, 0.2) is 11.5 Å². The van der Waals surface area contributed by atoms with Crippen LogP contribution in [0.1, 0.15) is 38.2 Å². The highest BCUT2D eigenvalue weighted by Crippen LogP contribution is 2.30. The number of ether oxygens (including phenoxy) is 2. The number of methoxy groups -OCH3 is 2. The Balaban J connectivity index is 1.42. The summed E-state index contributed by atoms with van der Waals surface area (Å²) in [6.45, 7) is 3.54. The van der Waals surface area contributed by atoms with Crippen molar-refractivity contribution in [3.63, 3.8) is 0 Å². The summed E-state index contributed by atoms with van der Waals surface area (Å²) in [5.41, 5.74) is 1.66. The molecule has 1 aromatic carbocycles. The van der Waals surface area contributed by atoms with E-state index in [-0.39, 0.29) is 18.5 Å². The molecule has 2 fully saturated rings. The Morgan fingerprint density at radius 3 is 2.34 bits per heavy atom. The first kappa shape index (κ1) is 24.5. The van der Waals surface area contributed by atoms with Crippen LogP contribution in [0.15, 0.2) is 23.3 Å². The molecule has 0 bridgehead atoms. The number of hydrogen-bond donors (Lipinski definition) is 0. The van der Waals surface area contributed by atoms with Gasteiger partial charge in [0.2, 0.25) is 5.91 Å². The van der Waals surface area contributed by atoms with Gasteiger partial charge in [-0.15, -0.1) is 0 Å². The van der Waals surface area contributed by atoms with Crippen molar-refractivity contribution in [2.24, 2.45) is 5.10 Å². The van der Waals surface area contributed by atoms with Crippen LogP contribution in [0.2, 0.25) is 0 Å². The van der Waals surface area contributed by atoms with Gasteiger partial charge in [-0.2, -0.15) is 5.10 Å². The Bertz CT molecular complexity index is 1050. The molecule has 1 aromatic rings. The molecule has 11 heteroatoms. The molecule has 3 aliphatic heterocycles. The molecule has 3 aliphatic rings. The summed E-state index contributed by atoms with van der Waals surface area (Å²) in [6, 6.07) is 4.97. The zero-order chi connectivity index (χ0) is 25.1. The van der Waals surface area contributed by atoms with Crippen LogP contribution in [0.3, 0.4) is 0 Å². The van der Waals surface area contributed by atoms with Crippen molar-refractivity contribution in [2.75, 3.05) is 46.9 Å². The van der Waals surface area contributed by atoms with Crippen LogP contribution in [0.25, 0.3) is 0 Å². The van der Waals surface area contributed by atoms with Crippen LogP contribution in [-0.4, -0.2) is 102 Å². The predicted molar refractivity (Wildman–Crippen MR) is 126 cm³/mol. The van der Waals surface area contributed by atoms with Crippen LogP contribution in [0.5, 0.6) is 11.5 Å². The molecular weight excluding hydrogens is 454 g/mol. The summed E-state index contributed by atoms with van der Waals surface area (Å²) in [7, 11) is 3.15. The van der Waals surface area contributed by atoms with Crippen molar-refractivity contribution >= 4 is 29.5 Å². The van der Waals surface area contributed by atoms with Crippen molar-refractivity contribution in [2.45, 2.75) is 38.6 Å². The molecule has 0 atom stereocenters. The van der Waals surface area contributed by atoms with E-state index in [1.165, 1.54) is 4.90 Å². The number of hydrogen-bond acceptors (Lipinski definition) is 7. The van der Waals surface area contributed by atoms with E-state index in [0.29, 0.717) is 63.4 Å². The van der Waals surface area contributed by atoms with Gasteiger partial charge in [0.05, 0.1) is 26.0 Å². The highest BCUT2D eigenvalue weighted by molar-refractivity contribution is 6.38. The summed E-state index contributed by atoms with van der Waals surface area (Å²) in [6.07, 6.45) is 1.96. The van der Waals surface area contributed by atoms with E-state index in [1.54, 1.807) is 31.1 Å². The number of carbonyl (C=O) groups excluding carboxylic acids is 4. The van der Waals surface area contributed by atoms with Crippen LogP contribution in [0, 0.1) is 0 Å². The molecule has 5 amide bonds. The maximum Gasteiger partial charge on any atom is 0.327 e. The quantitative estimate of drug-likeness (QED) is 0.582. The van der Waals surface area contributed by atoms with E-state index < -0.39 is 17.8 Å². The SMILES string of the molecule is CCN1CCN(C(=O)N2CCC(N3N=C(c4ccc(OC)c(OC)c4)CCC3=O)CC2)C(=O)C1=O. The fourth-order valence-electron chi connectivity index (χ4n) is 4.71. The zero-order valence-electron chi connectivity index (χ0n) is 20.4. The number of likely N-dealkylation sites (N-methyl/N-ethyl adjacent to an activating group) is 1. The third-order valence-corrected chi connectivity index (χ3v) is 6.78. The fourth-order valence-corrected chi connectivity index (χ4v) is 4.71.